The van der Waals surface area contributed by atoms with Crippen LogP contribution in [-0.4, -0.2) is 31.0 Å². The Bertz CT molecular complexity index is 951. The van der Waals surface area contributed by atoms with Crippen LogP contribution >= 0.6 is 11.6 Å². The van der Waals surface area contributed by atoms with E-state index in [2.05, 4.69) is 10.1 Å². The maximum atomic E-state index is 6.39. The maximum Gasteiger partial charge on any atom is 0.269 e. The minimum Gasteiger partial charge on any atom is -0.497 e. The smallest absolute Gasteiger partial charge is 0.269 e. The molecule has 1 heterocycles. The fourth-order valence-corrected chi connectivity index (χ4v) is 2.70. The molecule has 0 spiro atoms. The van der Waals surface area contributed by atoms with E-state index in [0.717, 1.165) is 23.3 Å². The number of hydrogen-bond donors (Lipinski definition) is 0. The fraction of sp³-hybridized carbons (Fsp3) is 0.238. The Hall–Kier alpha value is -2.99. The number of benzene rings is 2. The molecule has 0 N–H and O–H groups in total. The van der Waals surface area contributed by atoms with Gasteiger partial charge in [0.1, 0.15) is 10.8 Å². The van der Waals surface area contributed by atoms with E-state index >= 15 is 0 Å². The van der Waals surface area contributed by atoms with Crippen LogP contribution in [-0.2, 0) is 0 Å². The van der Waals surface area contributed by atoms with E-state index in [1.54, 1.807) is 20.3 Å². The van der Waals surface area contributed by atoms with Crippen molar-refractivity contribution >= 4 is 22.7 Å². The van der Waals surface area contributed by atoms with E-state index in [1.807, 2.05) is 49.4 Å². The second-order valence-corrected chi connectivity index (χ2v) is 6.31. The second-order valence-electron chi connectivity index (χ2n) is 5.90. The molecule has 2 aromatic carbocycles. The zero-order valence-corrected chi connectivity index (χ0v) is 16.7. The minimum atomic E-state index is 0.235. The lowest BCUT2D eigenvalue weighted by Gasteiger charge is -2.10. The van der Waals surface area contributed by atoms with Gasteiger partial charge in [-0.15, -0.1) is 0 Å². The van der Waals surface area contributed by atoms with Gasteiger partial charge >= 0.3 is 0 Å². The molecule has 3 rings (SSSR count). The van der Waals surface area contributed by atoms with Crippen LogP contribution in [0.2, 0.25) is 0 Å². The normalized spacial score (nSPS) is 11.4. The van der Waals surface area contributed by atoms with Gasteiger partial charge in [0.05, 0.1) is 20.8 Å². The highest BCUT2D eigenvalue weighted by atomic mass is 35.5. The molecule has 0 radical (unpaired) electrons. The Kier molecular flexibility index (Phi) is 6.55. The van der Waals surface area contributed by atoms with Gasteiger partial charge in [-0.2, -0.15) is 4.98 Å². The van der Waals surface area contributed by atoms with Crippen molar-refractivity contribution in [2.75, 3.05) is 20.8 Å². The molecule has 0 atom stereocenters. The maximum absolute atomic E-state index is 6.39. The number of methoxy groups -OCH3 is 2. The van der Waals surface area contributed by atoms with Crippen LogP contribution in [0.4, 0.5) is 0 Å². The van der Waals surface area contributed by atoms with Crippen LogP contribution in [0, 0.1) is 0 Å². The van der Waals surface area contributed by atoms with Crippen molar-refractivity contribution < 1.29 is 18.7 Å². The lowest BCUT2D eigenvalue weighted by molar-refractivity contribution is 0.294. The van der Waals surface area contributed by atoms with Gasteiger partial charge in [0.15, 0.2) is 11.5 Å². The predicted octanol–water partition coefficient (Wildman–Crippen LogP) is 5.28. The topological polar surface area (TPSA) is 66.6 Å². The third-order valence-corrected chi connectivity index (χ3v) is 4.19. The number of nitrogens with zero attached hydrogens (tertiary/aromatic N) is 2. The molecule has 0 aliphatic rings. The number of ether oxygens (including phenoxy) is 3. The second kappa shape index (κ2) is 9.28. The Morgan fingerprint density at radius 2 is 1.86 bits per heavy atom. The predicted molar refractivity (Wildman–Crippen MR) is 109 cm³/mol. The van der Waals surface area contributed by atoms with Crippen molar-refractivity contribution in [3.05, 3.63) is 53.9 Å². The molecular formula is C21H21ClN2O4. The van der Waals surface area contributed by atoms with Gasteiger partial charge in [0.2, 0.25) is 5.82 Å². The average Bonchev–Trinajstić information content (AvgIpc) is 3.23. The van der Waals surface area contributed by atoms with E-state index in [0.29, 0.717) is 29.0 Å². The molecule has 3 aromatic rings. The third kappa shape index (κ3) is 4.64. The van der Waals surface area contributed by atoms with Gasteiger partial charge in [0.25, 0.3) is 5.89 Å². The van der Waals surface area contributed by atoms with Crippen molar-refractivity contribution in [3.8, 4) is 28.6 Å². The monoisotopic (exact) mass is 400 g/mol. The molecule has 0 amide bonds. The molecule has 0 bridgehead atoms. The van der Waals surface area contributed by atoms with Gasteiger partial charge in [-0.1, -0.05) is 29.7 Å². The van der Waals surface area contributed by atoms with Crippen molar-refractivity contribution in [1.29, 1.82) is 0 Å². The van der Waals surface area contributed by atoms with Crippen LogP contribution in [0.15, 0.2) is 47.0 Å². The zero-order chi connectivity index (χ0) is 19.9. The number of aromatic nitrogens is 2. The summed E-state index contributed by atoms with van der Waals surface area (Å²) in [5, 5.41) is 4.33. The number of hydrogen-bond acceptors (Lipinski definition) is 6. The van der Waals surface area contributed by atoms with Gasteiger partial charge < -0.3 is 18.7 Å². The van der Waals surface area contributed by atoms with E-state index in [4.69, 9.17) is 30.3 Å². The van der Waals surface area contributed by atoms with Crippen molar-refractivity contribution in [2.45, 2.75) is 13.3 Å². The summed E-state index contributed by atoms with van der Waals surface area (Å²) in [5.74, 6) is 2.77. The Balaban J connectivity index is 1.82. The largest absolute Gasteiger partial charge is 0.497 e. The first-order chi connectivity index (χ1) is 13.6. The van der Waals surface area contributed by atoms with Crippen LogP contribution < -0.4 is 14.2 Å². The molecule has 0 unspecified atom stereocenters. The molecule has 0 fully saturated rings. The highest BCUT2D eigenvalue weighted by molar-refractivity contribution is 6.50. The van der Waals surface area contributed by atoms with E-state index < -0.39 is 0 Å². The van der Waals surface area contributed by atoms with E-state index in [1.165, 1.54) is 0 Å². The first-order valence-corrected chi connectivity index (χ1v) is 9.19. The minimum absolute atomic E-state index is 0.235. The SMILES string of the molecule is CCCOc1cc(/C=C(\Cl)c2nc(-c3ccc(OC)cc3)no2)ccc1OC. The molecule has 1 aromatic heterocycles. The van der Waals surface area contributed by atoms with Crippen LogP contribution in [0.5, 0.6) is 17.2 Å². The Morgan fingerprint density at radius 3 is 2.54 bits per heavy atom. The number of rotatable bonds is 8. The lowest BCUT2D eigenvalue weighted by atomic mass is 10.2. The number of halogens is 1. The summed E-state index contributed by atoms with van der Waals surface area (Å²) < 4.78 is 21.5. The van der Waals surface area contributed by atoms with Gasteiger partial charge in [-0.3, -0.25) is 0 Å². The van der Waals surface area contributed by atoms with Crippen LogP contribution in [0.3, 0.4) is 0 Å². The Labute approximate surface area is 168 Å². The highest BCUT2D eigenvalue weighted by Crippen LogP contribution is 2.31. The summed E-state index contributed by atoms with van der Waals surface area (Å²) in [6, 6.07) is 12.9. The van der Waals surface area contributed by atoms with Crippen molar-refractivity contribution in [1.82, 2.24) is 10.1 Å². The summed E-state index contributed by atoms with van der Waals surface area (Å²) in [6.45, 7) is 2.65. The van der Waals surface area contributed by atoms with Gasteiger partial charge in [-0.05, 0) is 54.5 Å². The fourth-order valence-electron chi connectivity index (χ4n) is 2.49. The summed E-state index contributed by atoms with van der Waals surface area (Å²) in [7, 11) is 3.22. The first kappa shape index (κ1) is 19.8. The van der Waals surface area contributed by atoms with Crippen LogP contribution in [0.1, 0.15) is 24.8 Å². The molecule has 6 nitrogen and oxygen atoms in total. The van der Waals surface area contributed by atoms with Crippen LogP contribution in [0.25, 0.3) is 22.5 Å². The van der Waals surface area contributed by atoms with E-state index in [-0.39, 0.29) is 5.89 Å². The molecule has 0 aliphatic carbocycles. The third-order valence-electron chi connectivity index (χ3n) is 3.92. The standard InChI is InChI=1S/C21H21ClN2O4/c1-4-11-27-19-13-14(5-10-18(19)26-3)12-17(22)21-23-20(24-28-21)15-6-8-16(25-2)9-7-15/h5-10,12-13H,4,11H2,1-3H3/b17-12-. The summed E-state index contributed by atoms with van der Waals surface area (Å²) in [5.41, 5.74) is 1.64. The first-order valence-electron chi connectivity index (χ1n) is 8.81. The highest BCUT2D eigenvalue weighted by Gasteiger charge is 2.12. The summed E-state index contributed by atoms with van der Waals surface area (Å²) in [6.07, 6.45) is 2.64. The molecule has 28 heavy (non-hydrogen) atoms. The van der Waals surface area contributed by atoms with Gasteiger partial charge in [-0.25, -0.2) is 0 Å². The lowest BCUT2D eigenvalue weighted by Crippen LogP contribution is -1.98. The van der Waals surface area contributed by atoms with Crippen molar-refractivity contribution in [3.63, 3.8) is 0 Å². The Morgan fingerprint density at radius 1 is 1.07 bits per heavy atom. The van der Waals surface area contributed by atoms with E-state index in [9.17, 15) is 0 Å². The molecule has 0 aliphatic heterocycles. The quantitative estimate of drug-likeness (QED) is 0.512. The molecule has 7 heteroatoms. The zero-order valence-electron chi connectivity index (χ0n) is 15.9. The average molecular weight is 401 g/mol. The van der Waals surface area contributed by atoms with Crippen molar-refractivity contribution in [2.24, 2.45) is 0 Å². The molecule has 146 valence electrons. The summed E-state index contributed by atoms with van der Waals surface area (Å²) in [4.78, 5) is 4.36. The van der Waals surface area contributed by atoms with Gasteiger partial charge in [0, 0.05) is 5.56 Å². The molecular weight excluding hydrogens is 380 g/mol. The molecule has 0 saturated carbocycles. The molecule has 0 saturated heterocycles. The summed E-state index contributed by atoms with van der Waals surface area (Å²) >= 11 is 6.39.